The van der Waals surface area contributed by atoms with E-state index in [1.807, 2.05) is 23.6 Å². The highest BCUT2D eigenvalue weighted by Crippen LogP contribution is 2.38. The van der Waals surface area contributed by atoms with Crippen LogP contribution in [0.15, 0.2) is 30.5 Å². The van der Waals surface area contributed by atoms with Gasteiger partial charge in [0.15, 0.2) is 0 Å². The second-order valence-electron chi connectivity index (χ2n) is 5.60. The Hall–Kier alpha value is -1.39. The Morgan fingerprint density at radius 2 is 2.24 bits per heavy atom. The van der Waals surface area contributed by atoms with Gasteiger partial charge in [0.25, 0.3) is 0 Å². The average molecular weight is 302 g/mol. The first-order chi connectivity index (χ1) is 10.3. The average Bonchev–Trinajstić information content (AvgIpc) is 2.94. The number of rotatable bonds is 6. The van der Waals surface area contributed by atoms with Crippen LogP contribution < -0.4 is 10.1 Å². The molecule has 0 radical (unpaired) electrons. The summed E-state index contributed by atoms with van der Waals surface area (Å²) in [5.74, 6) is 1.62. The second-order valence-corrected chi connectivity index (χ2v) is 6.80. The Kier molecular flexibility index (Phi) is 4.56. The topological polar surface area (TPSA) is 34.2 Å². The van der Waals surface area contributed by atoms with E-state index in [0.717, 1.165) is 18.7 Å². The maximum Gasteiger partial charge on any atom is 0.119 e. The number of hydrogen-bond donors (Lipinski definition) is 1. The first kappa shape index (κ1) is 14.5. The van der Waals surface area contributed by atoms with Crippen LogP contribution in [0, 0.1) is 0 Å². The molecule has 3 nitrogen and oxygen atoms in total. The van der Waals surface area contributed by atoms with E-state index in [0.29, 0.717) is 12.0 Å². The van der Waals surface area contributed by atoms with E-state index < -0.39 is 0 Å². The lowest BCUT2D eigenvalue weighted by atomic mass is 9.76. The fourth-order valence-electron chi connectivity index (χ4n) is 2.78. The standard InChI is InChI=1S/C17H22N2OS/c1-3-16-10-19-17(21-16)11-18-14-7-13(8-14)12-5-4-6-15(9-12)20-2/h4-6,9-10,13-14,18H,3,7-8,11H2,1-2H3. The van der Waals surface area contributed by atoms with Crippen LogP contribution >= 0.6 is 11.3 Å². The molecule has 0 bridgehead atoms. The van der Waals surface area contributed by atoms with Crippen molar-refractivity contribution >= 4 is 11.3 Å². The minimum absolute atomic E-state index is 0.621. The van der Waals surface area contributed by atoms with Gasteiger partial charge in [0.2, 0.25) is 0 Å². The maximum absolute atomic E-state index is 5.30. The molecule has 3 rings (SSSR count). The molecular weight excluding hydrogens is 280 g/mol. The van der Waals surface area contributed by atoms with Crippen molar-refractivity contribution in [3.8, 4) is 5.75 Å². The lowest BCUT2D eigenvalue weighted by molar-refractivity contribution is 0.288. The molecule has 0 saturated heterocycles. The Morgan fingerprint density at radius 3 is 2.95 bits per heavy atom. The fourth-order valence-corrected chi connectivity index (χ4v) is 3.59. The van der Waals surface area contributed by atoms with Crippen LogP contribution in [0.25, 0.3) is 0 Å². The zero-order valence-electron chi connectivity index (χ0n) is 12.6. The summed E-state index contributed by atoms with van der Waals surface area (Å²) in [6.07, 6.45) is 5.50. The van der Waals surface area contributed by atoms with Crippen LogP contribution in [0.4, 0.5) is 0 Å². The van der Waals surface area contributed by atoms with Gasteiger partial charge in [-0.1, -0.05) is 19.1 Å². The molecule has 112 valence electrons. The van der Waals surface area contributed by atoms with E-state index in [4.69, 9.17) is 4.74 Å². The SMILES string of the molecule is CCc1cnc(CNC2CC(c3cccc(OC)c3)C2)s1. The van der Waals surface area contributed by atoms with Crippen LogP contribution in [-0.2, 0) is 13.0 Å². The van der Waals surface area contributed by atoms with Crippen molar-refractivity contribution in [2.24, 2.45) is 0 Å². The zero-order chi connectivity index (χ0) is 14.7. The molecule has 0 spiro atoms. The number of nitrogens with zero attached hydrogens (tertiary/aromatic N) is 1. The van der Waals surface area contributed by atoms with Crippen LogP contribution in [0.1, 0.15) is 41.1 Å². The molecular formula is C17H22N2OS. The van der Waals surface area contributed by atoms with Gasteiger partial charge in [-0.2, -0.15) is 0 Å². The van der Waals surface area contributed by atoms with Crippen LogP contribution in [0.5, 0.6) is 5.75 Å². The summed E-state index contributed by atoms with van der Waals surface area (Å²) in [5.41, 5.74) is 1.40. The van der Waals surface area contributed by atoms with Gasteiger partial charge in [0.05, 0.1) is 7.11 Å². The van der Waals surface area contributed by atoms with Gasteiger partial charge in [0.1, 0.15) is 10.8 Å². The van der Waals surface area contributed by atoms with Crippen molar-refractivity contribution in [2.45, 2.75) is 44.7 Å². The first-order valence-electron chi connectivity index (χ1n) is 7.59. The van der Waals surface area contributed by atoms with Crippen LogP contribution in [0.2, 0.25) is 0 Å². The fraction of sp³-hybridized carbons (Fsp3) is 0.471. The van der Waals surface area contributed by atoms with Crippen molar-refractivity contribution in [1.29, 1.82) is 0 Å². The molecule has 1 aromatic carbocycles. The Balaban J connectivity index is 1.47. The summed E-state index contributed by atoms with van der Waals surface area (Å²) in [4.78, 5) is 5.83. The molecule has 0 aliphatic heterocycles. The van der Waals surface area contributed by atoms with E-state index in [9.17, 15) is 0 Å². The monoisotopic (exact) mass is 302 g/mol. The Bertz CT molecular complexity index is 590. The van der Waals surface area contributed by atoms with Crippen LogP contribution in [0.3, 0.4) is 0 Å². The number of thiazole rings is 1. The van der Waals surface area contributed by atoms with Crippen LogP contribution in [-0.4, -0.2) is 18.1 Å². The largest absolute Gasteiger partial charge is 0.497 e. The van der Waals surface area contributed by atoms with Gasteiger partial charge in [-0.3, -0.25) is 0 Å². The van der Waals surface area contributed by atoms with E-state index in [-0.39, 0.29) is 0 Å². The number of aromatic nitrogens is 1. The summed E-state index contributed by atoms with van der Waals surface area (Å²) in [5, 5.41) is 4.82. The molecule has 4 heteroatoms. The highest BCUT2D eigenvalue weighted by Gasteiger charge is 2.30. The molecule has 1 aromatic heterocycles. The predicted octanol–water partition coefficient (Wildman–Crippen LogP) is 3.75. The number of hydrogen-bond acceptors (Lipinski definition) is 4. The zero-order valence-corrected chi connectivity index (χ0v) is 13.5. The molecule has 21 heavy (non-hydrogen) atoms. The quantitative estimate of drug-likeness (QED) is 0.882. The number of benzene rings is 1. The van der Waals surface area contributed by atoms with Gasteiger partial charge < -0.3 is 10.1 Å². The number of nitrogens with one attached hydrogen (secondary N) is 1. The van der Waals surface area contributed by atoms with Crippen molar-refractivity contribution in [2.75, 3.05) is 7.11 Å². The summed E-state index contributed by atoms with van der Waals surface area (Å²) >= 11 is 1.82. The second kappa shape index (κ2) is 6.58. The highest BCUT2D eigenvalue weighted by atomic mass is 32.1. The number of ether oxygens (including phenoxy) is 1. The number of aryl methyl sites for hydroxylation is 1. The van der Waals surface area contributed by atoms with Gasteiger partial charge in [-0.15, -0.1) is 11.3 Å². The minimum Gasteiger partial charge on any atom is -0.497 e. The summed E-state index contributed by atoms with van der Waals surface area (Å²) in [6.45, 7) is 3.08. The summed E-state index contributed by atoms with van der Waals surface area (Å²) in [7, 11) is 1.73. The normalized spacial score (nSPS) is 21.0. The van der Waals surface area contributed by atoms with Gasteiger partial charge >= 0.3 is 0 Å². The van der Waals surface area contributed by atoms with Gasteiger partial charge in [0, 0.05) is 23.7 Å². The molecule has 1 N–H and O–H groups in total. The third kappa shape index (κ3) is 3.44. The third-order valence-electron chi connectivity index (χ3n) is 4.20. The van der Waals surface area contributed by atoms with E-state index >= 15 is 0 Å². The lowest BCUT2D eigenvalue weighted by Crippen LogP contribution is -2.39. The van der Waals surface area contributed by atoms with Crippen molar-refractivity contribution in [3.05, 3.63) is 45.9 Å². The molecule has 2 aromatic rings. The summed E-state index contributed by atoms with van der Waals surface area (Å²) in [6, 6.07) is 9.07. The first-order valence-corrected chi connectivity index (χ1v) is 8.41. The minimum atomic E-state index is 0.621. The Morgan fingerprint density at radius 1 is 1.38 bits per heavy atom. The number of methoxy groups -OCH3 is 1. The van der Waals surface area contributed by atoms with E-state index in [1.165, 1.54) is 28.3 Å². The smallest absolute Gasteiger partial charge is 0.119 e. The van der Waals surface area contributed by atoms with E-state index in [2.05, 4.69) is 35.4 Å². The molecule has 0 amide bonds. The van der Waals surface area contributed by atoms with Gasteiger partial charge in [-0.25, -0.2) is 4.98 Å². The third-order valence-corrected chi connectivity index (χ3v) is 5.34. The molecule has 1 aliphatic rings. The Labute approximate surface area is 130 Å². The van der Waals surface area contributed by atoms with Crippen molar-refractivity contribution in [1.82, 2.24) is 10.3 Å². The molecule has 0 atom stereocenters. The lowest BCUT2D eigenvalue weighted by Gasteiger charge is -2.36. The predicted molar refractivity (Wildman–Crippen MR) is 87.1 cm³/mol. The maximum atomic E-state index is 5.30. The molecule has 1 saturated carbocycles. The summed E-state index contributed by atoms with van der Waals surface area (Å²) < 4.78 is 5.30. The van der Waals surface area contributed by atoms with E-state index in [1.54, 1.807) is 7.11 Å². The van der Waals surface area contributed by atoms with Crippen molar-refractivity contribution in [3.63, 3.8) is 0 Å². The molecule has 1 aliphatic carbocycles. The van der Waals surface area contributed by atoms with Gasteiger partial charge in [-0.05, 0) is 42.9 Å². The molecule has 0 unspecified atom stereocenters. The van der Waals surface area contributed by atoms with Crippen molar-refractivity contribution < 1.29 is 4.74 Å². The highest BCUT2D eigenvalue weighted by molar-refractivity contribution is 7.11. The molecule has 1 fully saturated rings. The molecule has 1 heterocycles.